The molecule has 7 heteroatoms. The van der Waals surface area contributed by atoms with Crippen molar-refractivity contribution in [2.75, 3.05) is 13.1 Å². The van der Waals surface area contributed by atoms with Crippen molar-refractivity contribution in [1.29, 1.82) is 5.26 Å². The molecule has 0 radical (unpaired) electrons. The summed E-state index contributed by atoms with van der Waals surface area (Å²) in [5.74, 6) is 0. The van der Waals surface area contributed by atoms with E-state index < -0.39 is 0 Å². The van der Waals surface area contributed by atoms with Crippen LogP contribution in [0.15, 0.2) is 36.4 Å². The zero-order valence-electron chi connectivity index (χ0n) is 11.7. The zero-order valence-corrected chi connectivity index (χ0v) is 13.3. The fourth-order valence-electron chi connectivity index (χ4n) is 2.51. The first-order valence-electron chi connectivity index (χ1n) is 6.84. The van der Waals surface area contributed by atoms with Crippen LogP contribution in [0.25, 0.3) is 5.57 Å². The van der Waals surface area contributed by atoms with Crippen molar-refractivity contribution in [2.45, 2.75) is 12.8 Å². The zero-order chi connectivity index (χ0) is 15.5. The number of piperidine rings is 1. The van der Waals surface area contributed by atoms with Gasteiger partial charge in [0.25, 0.3) is 0 Å². The highest BCUT2D eigenvalue weighted by atomic mass is 35.5. The van der Waals surface area contributed by atoms with Gasteiger partial charge >= 0.3 is 6.03 Å². The highest BCUT2D eigenvalue weighted by molar-refractivity contribution is 7.17. The number of likely N-dealkylation sites (tertiary alicyclic amines) is 1. The van der Waals surface area contributed by atoms with Gasteiger partial charge in [-0.05, 0) is 30.5 Å². The molecule has 0 unspecified atom stereocenters. The lowest BCUT2D eigenvalue weighted by molar-refractivity contribution is 0.195. The topological polar surface area (TPSA) is 61.9 Å². The second kappa shape index (κ2) is 6.34. The maximum Gasteiger partial charge on any atom is 0.329 e. The Morgan fingerprint density at radius 3 is 2.68 bits per heavy atom. The molecule has 1 saturated heterocycles. The summed E-state index contributed by atoms with van der Waals surface area (Å²) >= 11 is 7.36. The molecule has 2 aromatic heterocycles. The lowest BCUT2D eigenvalue weighted by Gasteiger charge is -2.28. The molecule has 3 rings (SSSR count). The van der Waals surface area contributed by atoms with Crippen LogP contribution in [0, 0.1) is 11.3 Å². The van der Waals surface area contributed by atoms with Crippen molar-refractivity contribution in [1.82, 2.24) is 14.5 Å². The van der Waals surface area contributed by atoms with Gasteiger partial charge in [-0.1, -0.05) is 11.6 Å². The van der Waals surface area contributed by atoms with E-state index in [0.717, 1.165) is 10.5 Å². The Bertz CT molecular complexity index is 747. The third kappa shape index (κ3) is 2.91. The molecule has 2 aromatic rings. The second-order valence-electron chi connectivity index (χ2n) is 4.93. The lowest BCUT2D eigenvalue weighted by atomic mass is 9.98. The van der Waals surface area contributed by atoms with Crippen LogP contribution in [0.2, 0.25) is 4.34 Å². The van der Waals surface area contributed by atoms with Crippen LogP contribution >= 0.6 is 22.9 Å². The van der Waals surface area contributed by atoms with Crippen LogP contribution in [-0.4, -0.2) is 33.6 Å². The van der Waals surface area contributed by atoms with Crippen LogP contribution in [-0.2, 0) is 0 Å². The predicted octanol–water partition coefficient (Wildman–Crippen LogP) is 3.64. The summed E-state index contributed by atoms with van der Waals surface area (Å²) < 4.78 is 2.15. The molecular weight excluding hydrogens is 320 g/mol. The molecule has 0 spiro atoms. The Morgan fingerprint density at radius 2 is 2.14 bits per heavy atom. The van der Waals surface area contributed by atoms with Crippen LogP contribution in [0.5, 0.6) is 0 Å². The maximum atomic E-state index is 12.2. The average molecular weight is 333 g/mol. The number of carbonyl (C=O) groups is 1. The van der Waals surface area contributed by atoms with Crippen LogP contribution < -0.4 is 0 Å². The Hall–Kier alpha value is -2.10. The number of carbonyl (C=O) groups excluding carboxylic acids is 1. The van der Waals surface area contributed by atoms with E-state index in [9.17, 15) is 10.1 Å². The van der Waals surface area contributed by atoms with E-state index in [-0.39, 0.29) is 6.03 Å². The van der Waals surface area contributed by atoms with E-state index in [1.54, 1.807) is 23.4 Å². The molecule has 0 atom stereocenters. The summed E-state index contributed by atoms with van der Waals surface area (Å²) in [5.41, 5.74) is 1.79. The summed E-state index contributed by atoms with van der Waals surface area (Å²) in [7, 11) is 0. The lowest BCUT2D eigenvalue weighted by Crippen LogP contribution is -2.38. The number of hydrogen-bond donors (Lipinski definition) is 0. The van der Waals surface area contributed by atoms with Crippen molar-refractivity contribution in [3.8, 4) is 6.07 Å². The molecule has 0 aliphatic carbocycles. The highest BCUT2D eigenvalue weighted by Crippen LogP contribution is 2.32. The van der Waals surface area contributed by atoms with Gasteiger partial charge in [-0.25, -0.2) is 9.78 Å². The predicted molar refractivity (Wildman–Crippen MR) is 85.7 cm³/mol. The monoisotopic (exact) mass is 332 g/mol. The quantitative estimate of drug-likeness (QED) is 0.749. The molecule has 1 aliphatic rings. The molecule has 1 amide bonds. The van der Waals surface area contributed by atoms with Crippen LogP contribution in [0.4, 0.5) is 4.79 Å². The Kier molecular flexibility index (Phi) is 4.27. The van der Waals surface area contributed by atoms with Crippen LogP contribution in [0.3, 0.4) is 0 Å². The molecule has 22 heavy (non-hydrogen) atoms. The van der Waals surface area contributed by atoms with E-state index in [1.807, 2.05) is 6.07 Å². The van der Waals surface area contributed by atoms with Crippen molar-refractivity contribution < 1.29 is 4.79 Å². The fourth-order valence-corrected chi connectivity index (χ4v) is 3.60. The number of imidazole rings is 1. The molecule has 0 N–H and O–H groups in total. The summed E-state index contributed by atoms with van der Waals surface area (Å²) in [4.78, 5) is 18.8. The molecule has 1 fully saturated rings. The first-order chi connectivity index (χ1) is 10.7. The van der Waals surface area contributed by atoms with E-state index >= 15 is 0 Å². The molecule has 0 aromatic carbocycles. The van der Waals surface area contributed by atoms with Gasteiger partial charge in [0.15, 0.2) is 0 Å². The number of hydrogen-bond acceptors (Lipinski definition) is 4. The fraction of sp³-hybridized carbons (Fsp3) is 0.267. The number of amides is 1. The minimum atomic E-state index is -0.0748. The number of nitriles is 1. The smallest absolute Gasteiger partial charge is 0.323 e. The van der Waals surface area contributed by atoms with Crippen molar-refractivity contribution in [3.05, 3.63) is 45.6 Å². The van der Waals surface area contributed by atoms with Gasteiger partial charge in [-0.15, -0.1) is 11.3 Å². The third-order valence-electron chi connectivity index (χ3n) is 3.65. The summed E-state index contributed by atoms with van der Waals surface area (Å²) in [6, 6.07) is 5.89. The molecule has 0 saturated carbocycles. The summed E-state index contributed by atoms with van der Waals surface area (Å²) in [6.45, 7) is 1.22. The first kappa shape index (κ1) is 14.8. The standard InChI is InChI=1S/C15H13ClN4OS/c16-14-2-1-13(22-14)12(9-17)11-3-6-19(7-4-11)15(21)20-8-5-18-10-20/h1-2,5,8,10H,3-4,6-7H2. The minimum Gasteiger partial charge on any atom is -0.323 e. The molecule has 3 heterocycles. The van der Waals surface area contributed by atoms with E-state index in [0.29, 0.717) is 35.8 Å². The van der Waals surface area contributed by atoms with Gasteiger partial charge in [-0.2, -0.15) is 5.26 Å². The molecule has 5 nitrogen and oxygen atoms in total. The SMILES string of the molecule is N#CC(=C1CCN(C(=O)n2ccnc2)CC1)c1ccc(Cl)s1. The van der Waals surface area contributed by atoms with Gasteiger partial charge < -0.3 is 4.90 Å². The number of thiophene rings is 1. The molecule has 0 bridgehead atoms. The summed E-state index contributed by atoms with van der Waals surface area (Å²) in [6.07, 6.45) is 6.14. The minimum absolute atomic E-state index is 0.0748. The van der Waals surface area contributed by atoms with Gasteiger partial charge in [0, 0.05) is 30.4 Å². The van der Waals surface area contributed by atoms with Crippen molar-refractivity contribution >= 4 is 34.5 Å². The van der Waals surface area contributed by atoms with Gasteiger partial charge in [-0.3, -0.25) is 4.57 Å². The maximum absolute atomic E-state index is 12.2. The Balaban J connectivity index is 1.74. The Morgan fingerprint density at radius 1 is 1.36 bits per heavy atom. The second-order valence-corrected chi connectivity index (χ2v) is 6.65. The molecule has 1 aliphatic heterocycles. The van der Waals surface area contributed by atoms with Crippen LogP contribution in [0.1, 0.15) is 17.7 Å². The van der Waals surface area contributed by atoms with Crippen molar-refractivity contribution in [2.24, 2.45) is 0 Å². The molecular formula is C15H13ClN4OS. The highest BCUT2D eigenvalue weighted by Gasteiger charge is 2.22. The average Bonchev–Trinajstić information content (AvgIpc) is 3.20. The van der Waals surface area contributed by atoms with E-state index in [4.69, 9.17) is 11.6 Å². The Labute approximate surface area is 137 Å². The van der Waals surface area contributed by atoms with Gasteiger partial charge in [0.2, 0.25) is 0 Å². The number of rotatable bonds is 1. The number of halogens is 1. The van der Waals surface area contributed by atoms with Gasteiger partial charge in [0.1, 0.15) is 12.4 Å². The van der Waals surface area contributed by atoms with Crippen molar-refractivity contribution in [3.63, 3.8) is 0 Å². The number of allylic oxidation sites excluding steroid dienone is 1. The van der Waals surface area contributed by atoms with E-state index in [2.05, 4.69) is 11.1 Å². The summed E-state index contributed by atoms with van der Waals surface area (Å²) in [5, 5.41) is 9.43. The first-order valence-corrected chi connectivity index (χ1v) is 8.03. The number of nitrogens with zero attached hydrogens (tertiary/aromatic N) is 4. The third-order valence-corrected chi connectivity index (χ3v) is 4.90. The normalized spacial score (nSPS) is 14.7. The number of aromatic nitrogens is 2. The molecule has 112 valence electrons. The van der Waals surface area contributed by atoms with E-state index in [1.165, 1.54) is 22.2 Å². The van der Waals surface area contributed by atoms with Gasteiger partial charge in [0.05, 0.1) is 9.91 Å². The largest absolute Gasteiger partial charge is 0.329 e.